The van der Waals surface area contributed by atoms with E-state index in [4.69, 9.17) is 14.2 Å². The van der Waals surface area contributed by atoms with Crippen molar-refractivity contribution in [2.45, 2.75) is 26.0 Å². The Balaban J connectivity index is 2.27. The van der Waals surface area contributed by atoms with Crippen LogP contribution in [0.25, 0.3) is 0 Å². The molecular weight excluding hydrogens is 242 g/mol. The van der Waals surface area contributed by atoms with Gasteiger partial charge < -0.3 is 19.5 Å². The highest BCUT2D eigenvalue weighted by Crippen LogP contribution is 2.30. The zero-order chi connectivity index (χ0) is 13.7. The van der Waals surface area contributed by atoms with Crippen molar-refractivity contribution in [3.63, 3.8) is 0 Å². The van der Waals surface area contributed by atoms with Gasteiger partial charge in [-0.3, -0.25) is 0 Å². The smallest absolute Gasteiger partial charge is 0.124 e. The maximum absolute atomic E-state index is 5.82. The molecule has 1 saturated heterocycles. The highest BCUT2D eigenvalue weighted by molar-refractivity contribution is 5.40. The Bertz CT molecular complexity index is 402. The van der Waals surface area contributed by atoms with Crippen LogP contribution in [0.1, 0.15) is 24.1 Å². The van der Waals surface area contributed by atoms with Gasteiger partial charge in [0.15, 0.2) is 0 Å². The monoisotopic (exact) mass is 265 g/mol. The number of benzene rings is 1. The number of ether oxygens (including phenoxy) is 3. The lowest BCUT2D eigenvalue weighted by molar-refractivity contribution is -0.102. The normalized spacial score (nSPS) is 21.1. The van der Waals surface area contributed by atoms with Gasteiger partial charge in [0.25, 0.3) is 0 Å². The molecule has 1 aromatic carbocycles. The minimum Gasteiger partial charge on any atom is -0.494 e. The summed E-state index contributed by atoms with van der Waals surface area (Å²) in [7, 11) is 1.95. The van der Waals surface area contributed by atoms with Gasteiger partial charge in [-0.2, -0.15) is 0 Å². The lowest BCUT2D eigenvalue weighted by atomic mass is 9.98. The van der Waals surface area contributed by atoms with E-state index in [1.54, 1.807) is 0 Å². The quantitative estimate of drug-likeness (QED) is 0.884. The third-order valence-electron chi connectivity index (χ3n) is 3.32. The van der Waals surface area contributed by atoms with Gasteiger partial charge in [0.1, 0.15) is 11.9 Å². The highest BCUT2D eigenvalue weighted by atomic mass is 16.6. The van der Waals surface area contributed by atoms with Gasteiger partial charge in [-0.05, 0) is 27.0 Å². The van der Waals surface area contributed by atoms with E-state index in [9.17, 15) is 0 Å². The van der Waals surface area contributed by atoms with Crippen molar-refractivity contribution in [1.82, 2.24) is 5.32 Å². The minimum absolute atomic E-state index is 0.0276. The van der Waals surface area contributed by atoms with E-state index in [-0.39, 0.29) is 12.1 Å². The van der Waals surface area contributed by atoms with Crippen LogP contribution < -0.4 is 10.1 Å². The molecule has 1 heterocycles. The molecule has 0 aromatic heterocycles. The number of hydrogen-bond acceptors (Lipinski definition) is 4. The second-order valence-corrected chi connectivity index (χ2v) is 4.72. The summed E-state index contributed by atoms with van der Waals surface area (Å²) in [4.78, 5) is 0. The molecule has 0 radical (unpaired) electrons. The van der Waals surface area contributed by atoms with Crippen LogP contribution >= 0.6 is 0 Å². The summed E-state index contributed by atoms with van der Waals surface area (Å²) in [6.07, 6.45) is 0.0276. The Morgan fingerprint density at radius 1 is 1.42 bits per heavy atom. The Kier molecular flexibility index (Phi) is 5.19. The van der Waals surface area contributed by atoms with Gasteiger partial charge in [-0.15, -0.1) is 0 Å². The first-order chi connectivity index (χ1) is 9.26. The predicted octanol–water partition coefficient (Wildman–Crippen LogP) is 2.07. The zero-order valence-electron chi connectivity index (χ0n) is 11.9. The molecule has 1 aliphatic heterocycles. The molecule has 0 saturated carbocycles. The Morgan fingerprint density at radius 2 is 2.26 bits per heavy atom. The zero-order valence-corrected chi connectivity index (χ0v) is 11.9. The second kappa shape index (κ2) is 6.89. The number of rotatable bonds is 5. The van der Waals surface area contributed by atoms with Gasteiger partial charge in [-0.25, -0.2) is 0 Å². The third-order valence-corrected chi connectivity index (χ3v) is 3.32. The highest BCUT2D eigenvalue weighted by Gasteiger charge is 2.27. The maximum Gasteiger partial charge on any atom is 0.124 e. The summed E-state index contributed by atoms with van der Waals surface area (Å²) in [6.45, 7) is 6.69. The first-order valence-electron chi connectivity index (χ1n) is 6.86. The number of hydrogen-bond donors (Lipinski definition) is 1. The maximum atomic E-state index is 5.82. The molecular formula is C15H23NO3. The molecule has 2 unspecified atom stereocenters. The molecule has 0 bridgehead atoms. The van der Waals surface area contributed by atoms with Crippen molar-refractivity contribution >= 4 is 0 Å². The number of aryl methyl sites for hydroxylation is 1. The lowest BCUT2D eigenvalue weighted by Gasteiger charge is -2.31. The predicted molar refractivity (Wildman–Crippen MR) is 74.7 cm³/mol. The standard InChI is InChI=1S/C15H23NO3/c1-4-18-13-6-5-11(2)9-12(13)15(16-3)14-10-17-7-8-19-14/h5-6,9,14-16H,4,7-8,10H2,1-3H3. The fourth-order valence-corrected chi connectivity index (χ4v) is 2.44. The molecule has 1 N–H and O–H groups in total. The summed E-state index contributed by atoms with van der Waals surface area (Å²) in [5.41, 5.74) is 2.36. The van der Waals surface area contributed by atoms with E-state index in [0.717, 1.165) is 11.3 Å². The third kappa shape index (κ3) is 3.47. The first-order valence-corrected chi connectivity index (χ1v) is 6.86. The van der Waals surface area contributed by atoms with Crippen LogP contribution in [-0.4, -0.2) is 39.6 Å². The summed E-state index contributed by atoms with van der Waals surface area (Å²) < 4.78 is 17.1. The van der Waals surface area contributed by atoms with Crippen LogP contribution in [0.2, 0.25) is 0 Å². The van der Waals surface area contributed by atoms with E-state index >= 15 is 0 Å². The molecule has 106 valence electrons. The molecule has 4 nitrogen and oxygen atoms in total. The minimum atomic E-state index is 0.0276. The Morgan fingerprint density at radius 3 is 2.89 bits per heavy atom. The number of nitrogens with one attached hydrogen (secondary N) is 1. The van der Waals surface area contributed by atoms with Crippen molar-refractivity contribution in [3.05, 3.63) is 29.3 Å². The van der Waals surface area contributed by atoms with Crippen LogP contribution in [0.4, 0.5) is 0 Å². The van der Waals surface area contributed by atoms with E-state index in [1.165, 1.54) is 5.56 Å². The van der Waals surface area contributed by atoms with Crippen molar-refractivity contribution in [2.75, 3.05) is 33.5 Å². The second-order valence-electron chi connectivity index (χ2n) is 4.72. The molecule has 2 rings (SSSR count). The largest absolute Gasteiger partial charge is 0.494 e. The fraction of sp³-hybridized carbons (Fsp3) is 0.600. The summed E-state index contributed by atoms with van der Waals surface area (Å²) in [6, 6.07) is 6.34. The van der Waals surface area contributed by atoms with Crippen molar-refractivity contribution in [2.24, 2.45) is 0 Å². The van der Waals surface area contributed by atoms with Crippen LogP contribution in [0.15, 0.2) is 18.2 Å². The molecule has 0 spiro atoms. The molecule has 1 aromatic rings. The van der Waals surface area contributed by atoms with Gasteiger partial charge in [0, 0.05) is 5.56 Å². The Hall–Kier alpha value is -1.10. The van der Waals surface area contributed by atoms with E-state index in [0.29, 0.717) is 26.4 Å². The van der Waals surface area contributed by atoms with Crippen LogP contribution in [0.5, 0.6) is 5.75 Å². The average molecular weight is 265 g/mol. The van der Waals surface area contributed by atoms with Gasteiger partial charge in [0.2, 0.25) is 0 Å². The van der Waals surface area contributed by atoms with E-state index in [1.807, 2.05) is 20.0 Å². The molecule has 4 heteroatoms. The van der Waals surface area contributed by atoms with Crippen LogP contribution in [-0.2, 0) is 9.47 Å². The van der Waals surface area contributed by atoms with Crippen LogP contribution in [0.3, 0.4) is 0 Å². The van der Waals surface area contributed by atoms with Crippen molar-refractivity contribution in [3.8, 4) is 5.75 Å². The van der Waals surface area contributed by atoms with Gasteiger partial charge in [-0.1, -0.05) is 17.7 Å². The molecule has 1 aliphatic rings. The molecule has 0 amide bonds. The van der Waals surface area contributed by atoms with Gasteiger partial charge >= 0.3 is 0 Å². The van der Waals surface area contributed by atoms with Gasteiger partial charge in [0.05, 0.1) is 32.5 Å². The fourth-order valence-electron chi connectivity index (χ4n) is 2.44. The van der Waals surface area contributed by atoms with E-state index < -0.39 is 0 Å². The Labute approximate surface area is 115 Å². The average Bonchev–Trinajstić information content (AvgIpc) is 2.44. The van der Waals surface area contributed by atoms with Crippen molar-refractivity contribution < 1.29 is 14.2 Å². The molecule has 19 heavy (non-hydrogen) atoms. The molecule has 1 fully saturated rings. The number of likely N-dealkylation sites (N-methyl/N-ethyl adjacent to an activating group) is 1. The van der Waals surface area contributed by atoms with E-state index in [2.05, 4.69) is 24.4 Å². The lowest BCUT2D eigenvalue weighted by Crippen LogP contribution is -2.39. The topological polar surface area (TPSA) is 39.7 Å². The summed E-state index contributed by atoms with van der Waals surface area (Å²) in [5, 5.41) is 3.33. The summed E-state index contributed by atoms with van der Waals surface area (Å²) in [5.74, 6) is 0.918. The SMILES string of the molecule is CCOc1ccc(C)cc1C(NC)C1COCCO1. The summed E-state index contributed by atoms with van der Waals surface area (Å²) >= 11 is 0. The van der Waals surface area contributed by atoms with Crippen molar-refractivity contribution in [1.29, 1.82) is 0 Å². The molecule has 0 aliphatic carbocycles. The first kappa shape index (κ1) is 14.3. The molecule has 2 atom stereocenters. The van der Waals surface area contributed by atoms with Crippen LogP contribution in [0, 0.1) is 6.92 Å².